The van der Waals surface area contributed by atoms with E-state index in [9.17, 15) is 0 Å². The lowest BCUT2D eigenvalue weighted by Crippen LogP contribution is -2.53. The molecule has 0 bridgehead atoms. The van der Waals surface area contributed by atoms with Gasteiger partial charge in [-0.2, -0.15) is 0 Å². The molecule has 1 aromatic heterocycles. The number of rotatable bonds is 9. The van der Waals surface area contributed by atoms with Crippen molar-refractivity contribution in [1.29, 1.82) is 0 Å². The summed E-state index contributed by atoms with van der Waals surface area (Å²) >= 11 is 1.71. The molecule has 1 aliphatic rings. The zero-order valence-electron chi connectivity index (χ0n) is 17.2. The Morgan fingerprint density at radius 1 is 1.26 bits per heavy atom. The summed E-state index contributed by atoms with van der Waals surface area (Å²) < 4.78 is 5.55. The van der Waals surface area contributed by atoms with E-state index in [2.05, 4.69) is 48.2 Å². The molecule has 1 saturated heterocycles. The van der Waals surface area contributed by atoms with Gasteiger partial charge in [-0.15, -0.1) is 35.3 Å². The molecule has 156 valence electrons. The van der Waals surface area contributed by atoms with E-state index in [0.29, 0.717) is 18.5 Å². The third-order valence-electron chi connectivity index (χ3n) is 4.97. The van der Waals surface area contributed by atoms with Gasteiger partial charge in [-0.3, -0.25) is 4.90 Å². The first-order chi connectivity index (χ1) is 12.7. The number of hydrogen-bond acceptors (Lipinski definition) is 5. The SMILES string of the molecule is CCNC(=NCc1ncc(C)s1)NCC(C(CC)CC)N1CCOCC1.I. The number of aryl methyl sites for hydroxylation is 1. The molecule has 1 fully saturated rings. The van der Waals surface area contributed by atoms with Crippen LogP contribution in [0.3, 0.4) is 0 Å². The smallest absolute Gasteiger partial charge is 0.191 e. The Morgan fingerprint density at radius 2 is 1.96 bits per heavy atom. The standard InChI is InChI=1S/C19H35N5OS.HI/c1-5-16(6-2)17(24-8-10-25-11-9-24)13-22-19(20-7-3)23-14-18-21-12-15(4)26-18;/h12,16-17H,5-11,13-14H2,1-4H3,(H2,20,22,23);1H. The minimum atomic E-state index is 0. The number of hydrogen-bond donors (Lipinski definition) is 2. The van der Waals surface area contributed by atoms with Crippen molar-refractivity contribution >= 4 is 41.3 Å². The van der Waals surface area contributed by atoms with E-state index < -0.39 is 0 Å². The van der Waals surface area contributed by atoms with E-state index in [-0.39, 0.29) is 24.0 Å². The average Bonchev–Trinajstić information content (AvgIpc) is 3.09. The molecular formula is C19H36IN5OS. The first-order valence-electron chi connectivity index (χ1n) is 9.93. The lowest BCUT2D eigenvalue weighted by Gasteiger charge is -2.39. The van der Waals surface area contributed by atoms with Gasteiger partial charge in [0.15, 0.2) is 5.96 Å². The molecule has 1 atom stereocenters. The molecular weight excluding hydrogens is 473 g/mol. The Bertz CT molecular complexity index is 544. The monoisotopic (exact) mass is 509 g/mol. The number of nitrogens with zero attached hydrogens (tertiary/aromatic N) is 3. The van der Waals surface area contributed by atoms with Crippen molar-refractivity contribution in [3.05, 3.63) is 16.1 Å². The molecule has 0 radical (unpaired) electrons. The second kappa shape index (κ2) is 13.7. The Kier molecular flexibility index (Phi) is 12.5. The number of halogens is 1. The maximum atomic E-state index is 5.55. The van der Waals surface area contributed by atoms with Crippen LogP contribution < -0.4 is 10.6 Å². The Morgan fingerprint density at radius 3 is 2.52 bits per heavy atom. The highest BCUT2D eigenvalue weighted by Gasteiger charge is 2.26. The van der Waals surface area contributed by atoms with Crippen LogP contribution in [0.2, 0.25) is 0 Å². The van der Waals surface area contributed by atoms with Crippen molar-refractivity contribution in [3.8, 4) is 0 Å². The second-order valence-electron chi connectivity index (χ2n) is 6.73. The van der Waals surface area contributed by atoms with Gasteiger partial charge >= 0.3 is 0 Å². The fraction of sp³-hybridized carbons (Fsp3) is 0.789. The normalized spacial score (nSPS) is 16.9. The van der Waals surface area contributed by atoms with Gasteiger partial charge in [0.05, 0.1) is 19.8 Å². The van der Waals surface area contributed by atoms with Crippen LogP contribution in [-0.2, 0) is 11.3 Å². The predicted molar refractivity (Wildman–Crippen MR) is 125 cm³/mol. The van der Waals surface area contributed by atoms with Crippen molar-refractivity contribution in [1.82, 2.24) is 20.5 Å². The van der Waals surface area contributed by atoms with E-state index in [0.717, 1.165) is 50.4 Å². The number of guanidine groups is 1. The van der Waals surface area contributed by atoms with Crippen LogP contribution >= 0.6 is 35.3 Å². The maximum absolute atomic E-state index is 5.55. The zero-order valence-corrected chi connectivity index (χ0v) is 20.3. The van der Waals surface area contributed by atoms with Crippen LogP contribution in [0.4, 0.5) is 0 Å². The topological polar surface area (TPSA) is 61.8 Å². The summed E-state index contributed by atoms with van der Waals surface area (Å²) in [4.78, 5) is 12.9. The highest BCUT2D eigenvalue weighted by Crippen LogP contribution is 2.19. The number of aliphatic imine (C=N–C) groups is 1. The second-order valence-corrected chi connectivity index (χ2v) is 8.05. The number of morpholine rings is 1. The molecule has 0 amide bonds. The fourth-order valence-electron chi connectivity index (χ4n) is 3.50. The van der Waals surface area contributed by atoms with Crippen molar-refractivity contribution < 1.29 is 4.74 Å². The molecule has 0 spiro atoms. The zero-order chi connectivity index (χ0) is 18.8. The van der Waals surface area contributed by atoms with Gasteiger partial charge in [0, 0.05) is 43.3 Å². The molecule has 8 heteroatoms. The Hall–Kier alpha value is -0.450. The average molecular weight is 510 g/mol. The highest BCUT2D eigenvalue weighted by molar-refractivity contribution is 14.0. The first kappa shape index (κ1) is 24.6. The van der Waals surface area contributed by atoms with Crippen molar-refractivity contribution in [2.45, 2.75) is 53.1 Å². The summed E-state index contributed by atoms with van der Waals surface area (Å²) in [5.41, 5.74) is 0. The largest absolute Gasteiger partial charge is 0.379 e. The van der Waals surface area contributed by atoms with Crippen LogP contribution in [0.1, 0.15) is 43.5 Å². The molecule has 1 unspecified atom stereocenters. The van der Waals surface area contributed by atoms with E-state index in [1.807, 2.05) is 6.20 Å². The third-order valence-corrected chi connectivity index (χ3v) is 5.87. The maximum Gasteiger partial charge on any atom is 0.191 e. The van der Waals surface area contributed by atoms with Crippen LogP contribution in [0, 0.1) is 12.8 Å². The molecule has 2 N–H and O–H groups in total. The van der Waals surface area contributed by atoms with Gasteiger partial charge in [0.1, 0.15) is 5.01 Å². The summed E-state index contributed by atoms with van der Waals surface area (Å²) in [7, 11) is 0. The van der Waals surface area contributed by atoms with E-state index >= 15 is 0 Å². The highest BCUT2D eigenvalue weighted by atomic mass is 127. The minimum Gasteiger partial charge on any atom is -0.379 e. The van der Waals surface area contributed by atoms with Gasteiger partial charge in [0.2, 0.25) is 0 Å². The molecule has 1 aromatic rings. The molecule has 6 nitrogen and oxygen atoms in total. The van der Waals surface area contributed by atoms with Gasteiger partial charge in [-0.1, -0.05) is 26.7 Å². The van der Waals surface area contributed by atoms with Crippen molar-refractivity contribution in [2.24, 2.45) is 10.9 Å². The summed E-state index contributed by atoms with van der Waals surface area (Å²) in [6.07, 6.45) is 4.32. The molecule has 27 heavy (non-hydrogen) atoms. The summed E-state index contributed by atoms with van der Waals surface area (Å²) in [6.45, 7) is 14.9. The Labute approximate surface area is 185 Å². The summed E-state index contributed by atoms with van der Waals surface area (Å²) in [5, 5.41) is 8.00. The van der Waals surface area contributed by atoms with Crippen LogP contribution in [0.5, 0.6) is 0 Å². The molecule has 0 saturated carbocycles. The molecule has 2 rings (SSSR count). The quantitative estimate of drug-likeness (QED) is 0.304. The summed E-state index contributed by atoms with van der Waals surface area (Å²) in [6, 6.07) is 0.514. The molecule has 1 aliphatic heterocycles. The van der Waals surface area contributed by atoms with Crippen LogP contribution in [-0.4, -0.2) is 61.3 Å². The fourth-order valence-corrected chi connectivity index (χ4v) is 4.21. The third kappa shape index (κ3) is 8.21. The van der Waals surface area contributed by atoms with Gasteiger partial charge < -0.3 is 15.4 Å². The van der Waals surface area contributed by atoms with E-state index in [1.165, 1.54) is 17.7 Å². The number of aromatic nitrogens is 1. The molecule has 0 aromatic carbocycles. The van der Waals surface area contributed by atoms with Gasteiger partial charge in [-0.25, -0.2) is 9.98 Å². The van der Waals surface area contributed by atoms with E-state index in [1.54, 1.807) is 11.3 Å². The molecule has 0 aliphatic carbocycles. The number of thiazole rings is 1. The lowest BCUT2D eigenvalue weighted by molar-refractivity contribution is 0.00272. The van der Waals surface area contributed by atoms with E-state index in [4.69, 9.17) is 9.73 Å². The van der Waals surface area contributed by atoms with Crippen molar-refractivity contribution in [2.75, 3.05) is 39.4 Å². The minimum absolute atomic E-state index is 0. The van der Waals surface area contributed by atoms with Crippen LogP contribution in [0.25, 0.3) is 0 Å². The van der Waals surface area contributed by atoms with Gasteiger partial charge in [-0.05, 0) is 19.8 Å². The summed E-state index contributed by atoms with van der Waals surface area (Å²) in [5.74, 6) is 1.56. The van der Waals surface area contributed by atoms with Crippen molar-refractivity contribution in [3.63, 3.8) is 0 Å². The number of ether oxygens (including phenoxy) is 1. The first-order valence-corrected chi connectivity index (χ1v) is 10.7. The van der Waals surface area contributed by atoms with Crippen LogP contribution in [0.15, 0.2) is 11.2 Å². The van der Waals surface area contributed by atoms with Gasteiger partial charge in [0.25, 0.3) is 0 Å². The predicted octanol–water partition coefficient (Wildman–Crippen LogP) is 3.26. The Balaban J connectivity index is 0.00000364. The lowest BCUT2D eigenvalue weighted by atomic mass is 9.92. The number of nitrogens with one attached hydrogen (secondary N) is 2. The molecule has 2 heterocycles.